The van der Waals surface area contributed by atoms with Crippen LogP contribution in [0.5, 0.6) is 0 Å². The Hall–Kier alpha value is -0.650. The van der Waals surface area contributed by atoms with Crippen molar-refractivity contribution in [3.63, 3.8) is 0 Å². The highest BCUT2D eigenvalue weighted by atomic mass is 35.5. The van der Waals surface area contributed by atoms with E-state index in [1.807, 2.05) is 0 Å². The van der Waals surface area contributed by atoms with Gasteiger partial charge in [-0.2, -0.15) is 17.5 Å². The van der Waals surface area contributed by atoms with Gasteiger partial charge in [-0.25, -0.2) is 12.8 Å². The molecule has 220 valence electrons. The summed E-state index contributed by atoms with van der Waals surface area (Å²) >= 11 is 6.42. The largest absolute Gasteiger partial charge is 0.481 e. The van der Waals surface area contributed by atoms with Crippen LogP contribution in [0.4, 0.5) is 17.6 Å². The molecule has 6 nitrogen and oxygen atoms in total. The Labute approximate surface area is 227 Å². The molecule has 0 amide bonds. The van der Waals surface area contributed by atoms with E-state index in [0.29, 0.717) is 32.1 Å². The van der Waals surface area contributed by atoms with Crippen LogP contribution in [0.3, 0.4) is 0 Å². The van der Waals surface area contributed by atoms with Gasteiger partial charge >= 0.3 is 12.1 Å². The van der Waals surface area contributed by atoms with Crippen molar-refractivity contribution in [1.82, 2.24) is 4.31 Å². The van der Waals surface area contributed by atoms with Crippen molar-refractivity contribution in [2.45, 2.75) is 131 Å². The third-order valence-corrected chi connectivity index (χ3v) is 12.2. The van der Waals surface area contributed by atoms with Crippen LogP contribution in [-0.4, -0.2) is 71.6 Å². The molecule has 1 saturated heterocycles. The second-order valence-corrected chi connectivity index (χ2v) is 14.5. The highest BCUT2D eigenvalue weighted by molar-refractivity contribution is 7.89. The van der Waals surface area contributed by atoms with Gasteiger partial charge in [0.25, 0.3) is 0 Å². The molecule has 4 fully saturated rings. The number of hydrogen-bond donors (Lipinski definition) is 1. The maximum atomic E-state index is 14.5. The van der Waals surface area contributed by atoms with Crippen molar-refractivity contribution in [2.75, 3.05) is 6.54 Å². The number of carboxylic acids is 1. The number of rotatable bonds is 8. The minimum absolute atomic E-state index is 0.0460. The molecule has 4 aliphatic rings. The molecule has 9 atom stereocenters. The second-order valence-electron chi connectivity index (χ2n) is 11.8. The number of halogens is 5. The average molecular weight is 590 g/mol. The molecular formula is C26H40ClF4NO5S. The first-order valence-electron chi connectivity index (χ1n) is 14.1. The molecule has 0 spiro atoms. The van der Waals surface area contributed by atoms with Gasteiger partial charge in [-0.15, -0.1) is 11.6 Å². The lowest BCUT2D eigenvalue weighted by Crippen LogP contribution is -2.60. The lowest BCUT2D eigenvalue weighted by atomic mass is 9.76. The minimum Gasteiger partial charge on any atom is -0.481 e. The van der Waals surface area contributed by atoms with E-state index >= 15 is 0 Å². The first-order valence-corrected chi connectivity index (χ1v) is 16.0. The van der Waals surface area contributed by atoms with E-state index in [9.17, 15) is 30.8 Å². The Balaban J connectivity index is 1.49. The van der Waals surface area contributed by atoms with Gasteiger partial charge in [-0.3, -0.25) is 4.79 Å². The summed E-state index contributed by atoms with van der Waals surface area (Å²) < 4.78 is 90.2. The minimum atomic E-state index is -4.44. The fourth-order valence-electron chi connectivity index (χ4n) is 7.15. The van der Waals surface area contributed by atoms with E-state index in [2.05, 4.69) is 0 Å². The Morgan fingerprint density at radius 1 is 1.00 bits per heavy atom. The average Bonchev–Trinajstić information content (AvgIpc) is 2.86. The molecule has 0 aromatic heterocycles. The Bertz CT molecular complexity index is 912. The molecule has 0 aromatic carbocycles. The Morgan fingerprint density at radius 3 is 2.42 bits per heavy atom. The van der Waals surface area contributed by atoms with Crippen molar-refractivity contribution in [3.8, 4) is 0 Å². The van der Waals surface area contributed by atoms with Gasteiger partial charge in [0.15, 0.2) is 0 Å². The van der Waals surface area contributed by atoms with E-state index in [4.69, 9.17) is 21.4 Å². The smallest absolute Gasteiger partial charge is 0.391 e. The topological polar surface area (TPSA) is 83.9 Å². The summed E-state index contributed by atoms with van der Waals surface area (Å²) in [4.78, 5) is 11.1. The summed E-state index contributed by atoms with van der Waals surface area (Å²) in [6, 6.07) is -0.509. The van der Waals surface area contributed by atoms with Gasteiger partial charge in [-0.05, 0) is 83.0 Å². The molecule has 0 radical (unpaired) electrons. The first kappa shape index (κ1) is 30.3. The first-order chi connectivity index (χ1) is 17.9. The number of aliphatic carboxylic acids is 1. The molecule has 1 heterocycles. The number of hydrogen-bond acceptors (Lipinski definition) is 4. The predicted octanol–water partition coefficient (Wildman–Crippen LogP) is 6.07. The zero-order chi connectivity index (χ0) is 27.7. The maximum Gasteiger partial charge on any atom is 0.391 e. The Kier molecular flexibility index (Phi) is 9.95. The number of alkyl halides is 5. The van der Waals surface area contributed by atoms with Gasteiger partial charge in [0.1, 0.15) is 6.17 Å². The maximum absolute atomic E-state index is 14.5. The zero-order valence-electron chi connectivity index (χ0n) is 21.6. The number of ether oxygens (including phenoxy) is 1. The van der Waals surface area contributed by atoms with Crippen molar-refractivity contribution in [1.29, 1.82) is 0 Å². The quantitative estimate of drug-likeness (QED) is 0.275. The number of sulfonamides is 1. The third-order valence-electron chi connectivity index (χ3n) is 9.30. The fourth-order valence-corrected chi connectivity index (χ4v) is 9.88. The number of nitrogens with zero attached hydrogens (tertiary/aromatic N) is 1. The lowest BCUT2D eigenvalue weighted by Gasteiger charge is -2.49. The van der Waals surface area contributed by atoms with Crippen LogP contribution in [-0.2, 0) is 19.6 Å². The summed E-state index contributed by atoms with van der Waals surface area (Å²) in [6.45, 7) is -0.0460. The number of morpholine rings is 1. The van der Waals surface area contributed by atoms with E-state index < -0.39 is 64.2 Å². The molecule has 4 rings (SSSR count). The van der Waals surface area contributed by atoms with Crippen molar-refractivity contribution in [2.24, 2.45) is 17.8 Å². The third kappa shape index (κ3) is 7.16. The molecule has 8 unspecified atom stereocenters. The highest BCUT2D eigenvalue weighted by Crippen LogP contribution is 2.44. The van der Waals surface area contributed by atoms with Crippen LogP contribution in [0.15, 0.2) is 0 Å². The van der Waals surface area contributed by atoms with Crippen LogP contribution in [0, 0.1) is 17.8 Å². The molecule has 1 N–H and O–H groups in total. The molecule has 1 aliphatic heterocycles. The molecular weight excluding hydrogens is 550 g/mol. The van der Waals surface area contributed by atoms with Crippen LogP contribution < -0.4 is 0 Å². The van der Waals surface area contributed by atoms with E-state index in [1.165, 1.54) is 4.31 Å². The van der Waals surface area contributed by atoms with Crippen molar-refractivity contribution >= 4 is 27.6 Å². The van der Waals surface area contributed by atoms with Crippen LogP contribution in [0.2, 0.25) is 0 Å². The van der Waals surface area contributed by atoms with Crippen LogP contribution in [0.25, 0.3) is 0 Å². The van der Waals surface area contributed by atoms with E-state index in [-0.39, 0.29) is 55.9 Å². The van der Waals surface area contributed by atoms with Crippen LogP contribution >= 0.6 is 11.6 Å². The summed E-state index contributed by atoms with van der Waals surface area (Å²) in [7, 11) is -4.07. The van der Waals surface area contributed by atoms with Gasteiger partial charge < -0.3 is 9.84 Å². The highest BCUT2D eigenvalue weighted by Gasteiger charge is 2.51. The van der Waals surface area contributed by atoms with Gasteiger partial charge in [-0.1, -0.05) is 6.42 Å². The fraction of sp³-hybridized carbons (Fsp3) is 0.962. The molecule has 38 heavy (non-hydrogen) atoms. The second kappa shape index (κ2) is 12.5. The van der Waals surface area contributed by atoms with Crippen LogP contribution in [0.1, 0.15) is 89.9 Å². The SMILES string of the molecule is O=C(O)CC[C@H]1CN(S(=O)(=O)C2CCCC(C(F)(F)F)C2)C2CC(CCC3C(F)CCCC3Cl)CCC2O1. The normalized spacial score (nSPS) is 39.4. The van der Waals surface area contributed by atoms with Crippen molar-refractivity contribution in [3.05, 3.63) is 0 Å². The standard InChI is InChI=1S/C26H40ClF4NO5S/c27-21-5-2-6-22(28)20(21)10-7-16-8-11-24-23(13-16)32(15-18(37-24)9-12-25(33)34)38(35,36)19-4-1-3-17(14-19)26(29,30)31/h16-24H,1-15H2,(H,33,34)/t16?,17?,18-,19?,20?,21?,22?,23?,24?/m0/s1. The molecule has 3 saturated carbocycles. The molecule has 3 aliphatic carbocycles. The van der Waals surface area contributed by atoms with E-state index in [1.54, 1.807) is 0 Å². The van der Waals surface area contributed by atoms with Gasteiger partial charge in [0, 0.05) is 24.3 Å². The molecule has 12 heteroatoms. The lowest BCUT2D eigenvalue weighted by molar-refractivity contribution is -0.181. The number of carbonyl (C=O) groups is 1. The Morgan fingerprint density at radius 2 is 1.74 bits per heavy atom. The predicted molar refractivity (Wildman–Crippen MR) is 135 cm³/mol. The van der Waals surface area contributed by atoms with Gasteiger partial charge in [0.2, 0.25) is 10.0 Å². The molecule has 0 aromatic rings. The van der Waals surface area contributed by atoms with E-state index in [0.717, 1.165) is 19.3 Å². The van der Waals surface area contributed by atoms with Crippen molar-refractivity contribution < 1.29 is 40.6 Å². The summed E-state index contributed by atoms with van der Waals surface area (Å²) in [5.41, 5.74) is 0. The summed E-state index contributed by atoms with van der Waals surface area (Å²) in [5, 5.41) is 7.80. The van der Waals surface area contributed by atoms with Gasteiger partial charge in [0.05, 0.1) is 29.4 Å². The zero-order valence-corrected chi connectivity index (χ0v) is 23.2. The molecule has 0 bridgehead atoms. The number of carboxylic acid groups (broad SMARTS) is 1. The number of fused-ring (bicyclic) bond motifs is 1. The summed E-state index contributed by atoms with van der Waals surface area (Å²) in [5.74, 6) is -2.73. The monoisotopic (exact) mass is 589 g/mol. The summed E-state index contributed by atoms with van der Waals surface area (Å²) in [6.07, 6.45) is -1.29.